The highest BCUT2D eigenvalue weighted by Crippen LogP contribution is 2.24. The van der Waals surface area contributed by atoms with Crippen molar-refractivity contribution in [2.75, 3.05) is 18.0 Å². The Morgan fingerprint density at radius 2 is 2.16 bits per heavy atom. The van der Waals surface area contributed by atoms with Crippen LogP contribution in [0.1, 0.15) is 12.8 Å². The normalized spacial score (nSPS) is 16.8. The van der Waals surface area contributed by atoms with Crippen LogP contribution in [0.15, 0.2) is 22.8 Å². The number of hydrogen-bond acceptors (Lipinski definition) is 5. The Hall–Kier alpha value is -1.47. The van der Waals surface area contributed by atoms with Crippen LogP contribution in [0.4, 0.5) is 5.95 Å². The van der Waals surface area contributed by atoms with Gasteiger partial charge in [-0.15, -0.1) is 5.10 Å². The number of aromatic amines is 1. The van der Waals surface area contributed by atoms with Gasteiger partial charge in [0.05, 0.1) is 0 Å². The molecule has 1 fully saturated rings. The molecule has 7 heteroatoms. The molecule has 100 valence electrons. The molecule has 0 unspecified atom stereocenters. The van der Waals surface area contributed by atoms with Gasteiger partial charge in [0, 0.05) is 29.8 Å². The maximum Gasteiger partial charge on any atom is 0.245 e. The molecule has 0 saturated carbocycles. The zero-order valence-corrected chi connectivity index (χ0v) is 12.0. The van der Waals surface area contributed by atoms with E-state index in [1.165, 1.54) is 0 Å². The summed E-state index contributed by atoms with van der Waals surface area (Å²) in [4.78, 5) is 11.0. The van der Waals surface area contributed by atoms with Gasteiger partial charge < -0.3 is 10.6 Å². The van der Waals surface area contributed by atoms with Crippen LogP contribution in [0.25, 0.3) is 11.5 Å². The highest BCUT2D eigenvalue weighted by molar-refractivity contribution is 9.10. The summed E-state index contributed by atoms with van der Waals surface area (Å²) in [6, 6.07) is 4.11. The molecule has 3 heterocycles. The molecule has 1 saturated heterocycles. The third-order valence-corrected chi connectivity index (χ3v) is 3.92. The lowest BCUT2D eigenvalue weighted by molar-refractivity contribution is 0.496. The van der Waals surface area contributed by atoms with Crippen LogP contribution in [0.5, 0.6) is 0 Å². The third-order valence-electron chi connectivity index (χ3n) is 3.28. The van der Waals surface area contributed by atoms with Crippen molar-refractivity contribution in [3.8, 4) is 11.5 Å². The number of halogens is 1. The smallest absolute Gasteiger partial charge is 0.245 e. The van der Waals surface area contributed by atoms with E-state index in [-0.39, 0.29) is 0 Å². The van der Waals surface area contributed by atoms with Crippen LogP contribution >= 0.6 is 15.9 Å². The fourth-order valence-electron chi connectivity index (χ4n) is 2.16. The molecule has 0 spiro atoms. The second kappa shape index (κ2) is 5.26. The molecule has 3 N–H and O–H groups in total. The predicted octanol–water partition coefficient (Wildman–Crippen LogP) is 1.56. The molecule has 0 bridgehead atoms. The first kappa shape index (κ1) is 12.6. The van der Waals surface area contributed by atoms with E-state index >= 15 is 0 Å². The summed E-state index contributed by atoms with van der Waals surface area (Å²) in [7, 11) is 0. The lowest BCUT2D eigenvalue weighted by Gasteiger charge is -2.28. The summed E-state index contributed by atoms with van der Waals surface area (Å²) in [5, 5.41) is 7.22. The standard InChI is InChI=1S/C12H15BrN6/c13-9-2-1-5-15-10(9)11-16-12(18-17-11)19-6-3-8(14)4-7-19/h1-2,5,8H,3-4,6-7,14H2,(H,16,17,18). The SMILES string of the molecule is NC1CCN(c2n[nH]c(-c3ncccc3Br)n2)CC1. The number of anilines is 1. The topological polar surface area (TPSA) is 83.7 Å². The van der Waals surface area contributed by atoms with Gasteiger partial charge in [-0.3, -0.25) is 10.1 Å². The van der Waals surface area contributed by atoms with E-state index in [0.29, 0.717) is 11.9 Å². The van der Waals surface area contributed by atoms with Crippen molar-refractivity contribution < 1.29 is 0 Å². The van der Waals surface area contributed by atoms with Gasteiger partial charge in [0.1, 0.15) is 5.69 Å². The average molecular weight is 323 g/mol. The van der Waals surface area contributed by atoms with Crippen LogP contribution in [0.2, 0.25) is 0 Å². The van der Waals surface area contributed by atoms with Gasteiger partial charge in [-0.05, 0) is 40.9 Å². The van der Waals surface area contributed by atoms with Gasteiger partial charge in [-0.2, -0.15) is 4.98 Å². The molecule has 6 nitrogen and oxygen atoms in total. The lowest BCUT2D eigenvalue weighted by Crippen LogP contribution is -2.40. The number of H-pyrrole nitrogens is 1. The number of nitrogens with two attached hydrogens (primary N) is 1. The third kappa shape index (κ3) is 2.62. The van der Waals surface area contributed by atoms with Gasteiger partial charge in [0.25, 0.3) is 0 Å². The number of rotatable bonds is 2. The molecule has 3 rings (SSSR count). The quantitative estimate of drug-likeness (QED) is 0.876. The van der Waals surface area contributed by atoms with Gasteiger partial charge in [0.15, 0.2) is 5.82 Å². The first-order valence-corrected chi connectivity index (χ1v) is 7.07. The van der Waals surface area contributed by atoms with Crippen LogP contribution in [-0.2, 0) is 0 Å². The minimum Gasteiger partial charge on any atom is -0.339 e. The molecular weight excluding hydrogens is 308 g/mol. The van der Waals surface area contributed by atoms with E-state index < -0.39 is 0 Å². The molecule has 0 aliphatic carbocycles. The van der Waals surface area contributed by atoms with Crippen molar-refractivity contribution >= 4 is 21.9 Å². The van der Waals surface area contributed by atoms with E-state index in [1.807, 2.05) is 12.1 Å². The largest absolute Gasteiger partial charge is 0.339 e. The maximum absolute atomic E-state index is 5.90. The summed E-state index contributed by atoms with van der Waals surface area (Å²) in [5.74, 6) is 1.40. The fourth-order valence-corrected chi connectivity index (χ4v) is 2.60. The minimum atomic E-state index is 0.305. The summed E-state index contributed by atoms with van der Waals surface area (Å²) in [6.07, 6.45) is 3.70. The first-order chi connectivity index (χ1) is 9.24. The Balaban J connectivity index is 1.82. The Labute approximate surface area is 119 Å². The Bertz CT molecular complexity index is 561. The molecule has 0 radical (unpaired) electrons. The van der Waals surface area contributed by atoms with Crippen LogP contribution in [-0.4, -0.2) is 39.3 Å². The number of hydrogen-bond donors (Lipinski definition) is 2. The molecule has 1 aliphatic heterocycles. The Kier molecular flexibility index (Phi) is 3.48. The summed E-state index contributed by atoms with van der Waals surface area (Å²) in [5.41, 5.74) is 6.67. The maximum atomic E-state index is 5.90. The Morgan fingerprint density at radius 1 is 1.37 bits per heavy atom. The van der Waals surface area contributed by atoms with E-state index in [4.69, 9.17) is 5.73 Å². The van der Waals surface area contributed by atoms with Gasteiger partial charge in [-0.1, -0.05) is 0 Å². The summed E-state index contributed by atoms with van der Waals surface area (Å²) < 4.78 is 0.901. The highest BCUT2D eigenvalue weighted by Gasteiger charge is 2.20. The van der Waals surface area contributed by atoms with Gasteiger partial charge in [-0.25, -0.2) is 0 Å². The number of aromatic nitrogens is 4. The molecule has 1 aliphatic rings. The van der Waals surface area contributed by atoms with Crippen molar-refractivity contribution in [3.05, 3.63) is 22.8 Å². The van der Waals surface area contributed by atoms with Crippen LogP contribution in [0, 0.1) is 0 Å². The predicted molar refractivity (Wildman–Crippen MR) is 76.7 cm³/mol. The molecule has 0 aromatic carbocycles. The Morgan fingerprint density at radius 3 is 2.89 bits per heavy atom. The lowest BCUT2D eigenvalue weighted by atomic mass is 10.1. The van der Waals surface area contributed by atoms with E-state index in [9.17, 15) is 0 Å². The second-order valence-corrected chi connectivity index (χ2v) is 5.50. The van der Waals surface area contributed by atoms with E-state index in [1.54, 1.807) is 6.20 Å². The fraction of sp³-hybridized carbons (Fsp3) is 0.417. The monoisotopic (exact) mass is 322 g/mol. The molecule has 19 heavy (non-hydrogen) atoms. The van der Waals surface area contributed by atoms with E-state index in [2.05, 4.69) is 41.0 Å². The van der Waals surface area contributed by atoms with Crippen molar-refractivity contribution in [3.63, 3.8) is 0 Å². The zero-order valence-electron chi connectivity index (χ0n) is 10.4. The molecule has 2 aromatic rings. The molecule has 0 amide bonds. The minimum absolute atomic E-state index is 0.305. The average Bonchev–Trinajstić information content (AvgIpc) is 2.89. The number of nitrogens with one attached hydrogen (secondary N) is 1. The second-order valence-electron chi connectivity index (χ2n) is 4.64. The van der Waals surface area contributed by atoms with Crippen molar-refractivity contribution in [2.45, 2.75) is 18.9 Å². The molecule has 2 aromatic heterocycles. The molecular formula is C12H15BrN6. The number of nitrogens with zero attached hydrogens (tertiary/aromatic N) is 4. The summed E-state index contributed by atoms with van der Waals surface area (Å²) >= 11 is 3.47. The first-order valence-electron chi connectivity index (χ1n) is 6.28. The summed E-state index contributed by atoms with van der Waals surface area (Å²) in [6.45, 7) is 1.81. The van der Waals surface area contributed by atoms with Crippen LogP contribution in [0.3, 0.4) is 0 Å². The van der Waals surface area contributed by atoms with E-state index in [0.717, 1.165) is 42.0 Å². The van der Waals surface area contributed by atoms with Gasteiger partial charge in [0.2, 0.25) is 5.95 Å². The van der Waals surface area contributed by atoms with Crippen molar-refractivity contribution in [1.82, 2.24) is 20.2 Å². The van der Waals surface area contributed by atoms with Gasteiger partial charge >= 0.3 is 0 Å². The van der Waals surface area contributed by atoms with Crippen molar-refractivity contribution in [2.24, 2.45) is 5.73 Å². The van der Waals surface area contributed by atoms with Crippen LogP contribution < -0.4 is 10.6 Å². The number of pyridine rings is 1. The van der Waals surface area contributed by atoms with Crippen molar-refractivity contribution in [1.29, 1.82) is 0 Å². The highest BCUT2D eigenvalue weighted by atomic mass is 79.9. The zero-order chi connectivity index (χ0) is 13.2. The molecule has 0 atom stereocenters. The number of piperidine rings is 1.